The molecule has 3 aromatic rings. The van der Waals surface area contributed by atoms with Crippen molar-refractivity contribution in [1.82, 2.24) is 19.7 Å². The molecule has 1 saturated heterocycles. The van der Waals surface area contributed by atoms with E-state index >= 15 is 0 Å². The van der Waals surface area contributed by atoms with Crippen LogP contribution < -0.4 is 10.6 Å². The molecule has 0 aliphatic carbocycles. The van der Waals surface area contributed by atoms with Crippen molar-refractivity contribution in [2.45, 2.75) is 32.0 Å². The highest BCUT2D eigenvalue weighted by Crippen LogP contribution is 2.39. The Hall–Kier alpha value is -2.74. The molecule has 1 N–H and O–H groups in total. The molecule has 2 atom stereocenters. The molecular formula is C18H20FN5O2. The van der Waals surface area contributed by atoms with E-state index in [1.165, 1.54) is 12.1 Å². The summed E-state index contributed by atoms with van der Waals surface area (Å²) in [6.45, 7) is 3.11. The number of halogens is 1. The first-order valence-electron chi connectivity index (χ1n) is 8.61. The van der Waals surface area contributed by atoms with Crippen LogP contribution in [-0.2, 0) is 11.3 Å². The first-order chi connectivity index (χ1) is 12.6. The average molecular weight is 357 g/mol. The highest BCUT2D eigenvalue weighted by atomic mass is 19.1. The normalized spacial score (nSPS) is 20.2. The van der Waals surface area contributed by atoms with Crippen LogP contribution in [0.1, 0.15) is 25.2 Å². The molecule has 0 spiro atoms. The van der Waals surface area contributed by atoms with Crippen LogP contribution in [0.4, 0.5) is 10.1 Å². The zero-order chi connectivity index (χ0) is 18.3. The number of nitrogens with zero attached hydrogens (tertiary/aromatic N) is 4. The van der Waals surface area contributed by atoms with Crippen molar-refractivity contribution in [2.24, 2.45) is 0 Å². The van der Waals surface area contributed by atoms with E-state index in [9.17, 15) is 9.18 Å². The number of benzene rings is 1. The molecule has 2 aromatic heterocycles. The van der Waals surface area contributed by atoms with Crippen LogP contribution in [0.3, 0.4) is 0 Å². The van der Waals surface area contributed by atoms with E-state index < -0.39 is 0 Å². The molecule has 1 aliphatic heterocycles. The predicted octanol–water partition coefficient (Wildman–Crippen LogP) is 2.25. The van der Waals surface area contributed by atoms with Gasteiger partial charge in [0.05, 0.1) is 17.7 Å². The second-order valence-electron chi connectivity index (χ2n) is 6.38. The van der Waals surface area contributed by atoms with Gasteiger partial charge in [-0.15, -0.1) is 0 Å². The molecule has 136 valence electrons. The van der Waals surface area contributed by atoms with Crippen LogP contribution in [0.25, 0.3) is 10.9 Å². The molecule has 1 aliphatic rings. The lowest BCUT2D eigenvalue weighted by atomic mass is 10.1. The minimum absolute atomic E-state index is 0.0146. The van der Waals surface area contributed by atoms with Gasteiger partial charge in [0.15, 0.2) is 5.82 Å². The van der Waals surface area contributed by atoms with E-state index in [1.54, 1.807) is 23.9 Å². The Balaban J connectivity index is 1.84. The van der Waals surface area contributed by atoms with E-state index in [4.69, 9.17) is 4.74 Å². The second-order valence-corrected chi connectivity index (χ2v) is 6.38. The van der Waals surface area contributed by atoms with Crippen LogP contribution in [0.15, 0.2) is 35.3 Å². The summed E-state index contributed by atoms with van der Waals surface area (Å²) in [6.07, 6.45) is 2.40. The standard InChI is InChI=1S/C18H20FN5O2/c1-3-23-17(21-22-18(23)25)16-9-12(26-2)10-24(16)15-6-7-20-14-8-11(19)4-5-13(14)15/h4-8,12,16H,3,9-10H2,1-2H3,(H,22,25)/t12-,16-/m0/s1. The number of nitrogens with one attached hydrogen (secondary N) is 1. The Bertz CT molecular complexity index is 999. The molecular weight excluding hydrogens is 337 g/mol. The minimum atomic E-state index is -0.318. The Kier molecular flexibility index (Phi) is 4.20. The maximum Gasteiger partial charge on any atom is 0.343 e. The fourth-order valence-electron chi connectivity index (χ4n) is 3.73. The van der Waals surface area contributed by atoms with E-state index in [2.05, 4.69) is 20.1 Å². The summed E-state index contributed by atoms with van der Waals surface area (Å²) in [5.41, 5.74) is 1.31. The lowest BCUT2D eigenvalue weighted by Crippen LogP contribution is -2.28. The summed E-state index contributed by atoms with van der Waals surface area (Å²) in [7, 11) is 1.68. The highest BCUT2D eigenvalue weighted by Gasteiger charge is 2.37. The molecule has 3 heterocycles. The third-order valence-electron chi connectivity index (χ3n) is 4.99. The van der Waals surface area contributed by atoms with E-state index in [0.717, 1.165) is 11.1 Å². The lowest BCUT2D eigenvalue weighted by molar-refractivity contribution is 0.118. The van der Waals surface area contributed by atoms with E-state index in [-0.39, 0.29) is 23.7 Å². The average Bonchev–Trinajstić information content (AvgIpc) is 3.23. The van der Waals surface area contributed by atoms with Gasteiger partial charge in [-0.2, -0.15) is 5.10 Å². The first kappa shape index (κ1) is 16.7. The Labute approximate surface area is 149 Å². The number of ether oxygens (including phenoxy) is 1. The van der Waals surface area contributed by atoms with Crippen molar-refractivity contribution < 1.29 is 9.13 Å². The largest absolute Gasteiger partial charge is 0.380 e. The molecule has 0 amide bonds. The van der Waals surface area contributed by atoms with Crippen LogP contribution in [0, 0.1) is 5.82 Å². The zero-order valence-corrected chi connectivity index (χ0v) is 14.6. The summed E-state index contributed by atoms with van der Waals surface area (Å²) in [5.74, 6) is 0.367. The molecule has 0 unspecified atom stereocenters. The van der Waals surface area contributed by atoms with Gasteiger partial charge in [-0.3, -0.25) is 9.55 Å². The van der Waals surface area contributed by atoms with Gasteiger partial charge in [0.25, 0.3) is 0 Å². The second kappa shape index (κ2) is 6.53. The van der Waals surface area contributed by atoms with Crippen LogP contribution in [0.2, 0.25) is 0 Å². The number of aromatic amines is 1. The summed E-state index contributed by atoms with van der Waals surface area (Å²) >= 11 is 0. The molecule has 7 nitrogen and oxygen atoms in total. The van der Waals surface area contributed by atoms with Crippen molar-refractivity contribution in [3.05, 3.63) is 52.6 Å². The lowest BCUT2D eigenvalue weighted by Gasteiger charge is -2.27. The zero-order valence-electron chi connectivity index (χ0n) is 14.6. The van der Waals surface area contributed by atoms with E-state index in [0.29, 0.717) is 30.9 Å². The molecule has 1 aromatic carbocycles. The van der Waals surface area contributed by atoms with Gasteiger partial charge in [0.2, 0.25) is 0 Å². The number of aromatic nitrogens is 4. The Morgan fingerprint density at radius 1 is 1.38 bits per heavy atom. The van der Waals surface area contributed by atoms with Gasteiger partial charge >= 0.3 is 5.69 Å². The third-order valence-corrected chi connectivity index (χ3v) is 4.99. The highest BCUT2D eigenvalue weighted by molar-refractivity contribution is 5.91. The number of hydrogen-bond acceptors (Lipinski definition) is 5. The molecule has 26 heavy (non-hydrogen) atoms. The minimum Gasteiger partial charge on any atom is -0.380 e. The topological polar surface area (TPSA) is 76.0 Å². The number of rotatable bonds is 4. The monoisotopic (exact) mass is 357 g/mol. The molecule has 1 fully saturated rings. The van der Waals surface area contributed by atoms with Gasteiger partial charge in [-0.05, 0) is 25.1 Å². The quantitative estimate of drug-likeness (QED) is 0.775. The molecule has 0 saturated carbocycles. The third kappa shape index (κ3) is 2.66. The maximum atomic E-state index is 13.6. The van der Waals surface area contributed by atoms with Gasteiger partial charge < -0.3 is 9.64 Å². The first-order valence-corrected chi connectivity index (χ1v) is 8.61. The summed E-state index contributed by atoms with van der Waals surface area (Å²) in [6, 6.07) is 6.39. The van der Waals surface area contributed by atoms with Crippen LogP contribution in [0.5, 0.6) is 0 Å². The van der Waals surface area contributed by atoms with Crippen LogP contribution >= 0.6 is 0 Å². The summed E-state index contributed by atoms with van der Waals surface area (Å²) in [5, 5.41) is 7.66. The number of hydrogen-bond donors (Lipinski definition) is 1. The van der Waals surface area contributed by atoms with Crippen molar-refractivity contribution in [2.75, 3.05) is 18.6 Å². The Morgan fingerprint density at radius 3 is 3.00 bits per heavy atom. The molecule has 4 rings (SSSR count). The number of fused-ring (bicyclic) bond motifs is 1. The van der Waals surface area contributed by atoms with E-state index in [1.807, 2.05) is 13.0 Å². The van der Waals surface area contributed by atoms with Crippen LogP contribution in [-0.4, -0.2) is 39.5 Å². The smallest absolute Gasteiger partial charge is 0.343 e. The molecule has 0 radical (unpaired) electrons. The van der Waals surface area contributed by atoms with Crippen molar-refractivity contribution >= 4 is 16.6 Å². The van der Waals surface area contributed by atoms with Gasteiger partial charge in [-0.1, -0.05) is 0 Å². The van der Waals surface area contributed by atoms with Crippen molar-refractivity contribution in [3.63, 3.8) is 0 Å². The molecule has 8 heteroatoms. The van der Waals surface area contributed by atoms with Crippen molar-refractivity contribution in [3.8, 4) is 0 Å². The number of H-pyrrole nitrogens is 1. The fraction of sp³-hybridized carbons (Fsp3) is 0.389. The Morgan fingerprint density at radius 2 is 2.23 bits per heavy atom. The number of anilines is 1. The van der Waals surface area contributed by atoms with Crippen molar-refractivity contribution in [1.29, 1.82) is 0 Å². The summed E-state index contributed by atoms with van der Waals surface area (Å²) < 4.78 is 20.8. The fourth-order valence-corrected chi connectivity index (χ4v) is 3.73. The maximum absolute atomic E-state index is 13.6. The van der Waals surface area contributed by atoms with Gasteiger partial charge in [0, 0.05) is 50.0 Å². The van der Waals surface area contributed by atoms with Gasteiger partial charge in [0.1, 0.15) is 5.82 Å². The number of pyridine rings is 1. The molecule has 0 bridgehead atoms. The SMILES string of the molecule is CCn1c([C@@H]2C[C@H](OC)CN2c2ccnc3cc(F)ccc23)n[nH]c1=O. The summed E-state index contributed by atoms with van der Waals surface area (Å²) in [4.78, 5) is 18.5. The number of methoxy groups -OCH3 is 1. The van der Waals surface area contributed by atoms with Gasteiger partial charge in [-0.25, -0.2) is 14.3 Å². The predicted molar refractivity (Wildman–Crippen MR) is 95.7 cm³/mol.